The topological polar surface area (TPSA) is 101 Å². The van der Waals surface area contributed by atoms with E-state index >= 15 is 0 Å². The van der Waals surface area contributed by atoms with Crippen LogP contribution in [0, 0.1) is 11.6 Å². The number of rotatable bonds is 12. The van der Waals surface area contributed by atoms with E-state index < -0.39 is 24.8 Å². The van der Waals surface area contributed by atoms with Crippen molar-refractivity contribution in [1.29, 1.82) is 0 Å². The van der Waals surface area contributed by atoms with Crippen LogP contribution < -0.4 is 5.73 Å². The zero-order valence-corrected chi connectivity index (χ0v) is 18.7. The van der Waals surface area contributed by atoms with Gasteiger partial charge in [-0.3, -0.25) is 9.36 Å². The Hall–Kier alpha value is -1.44. The number of nitrogens with two attached hydrogens (primary N) is 1. The molecule has 0 amide bonds. The molecule has 1 heterocycles. The van der Waals surface area contributed by atoms with Gasteiger partial charge in [0.1, 0.15) is 0 Å². The Balaban J connectivity index is 1.74. The van der Waals surface area contributed by atoms with Gasteiger partial charge in [-0.05, 0) is 75.3 Å². The number of Topliss-reactive ketones (excluding diaryl/α,β-unsaturated/α-hetero) is 1. The van der Waals surface area contributed by atoms with E-state index in [1.54, 1.807) is 19.1 Å². The maximum Gasteiger partial charge on any atom is 0.325 e. The number of hydrogen-bond acceptors (Lipinski definition) is 4. The molecule has 0 spiro atoms. The molecule has 4 N–H and O–H groups in total. The highest BCUT2D eigenvalue weighted by Crippen LogP contribution is 2.37. The first-order chi connectivity index (χ1) is 14.0. The minimum Gasteiger partial charge on any atom is -0.325 e. The van der Waals surface area contributed by atoms with Gasteiger partial charge in [0.25, 0.3) is 0 Å². The molecular weight excluding hydrogens is 431 g/mol. The van der Waals surface area contributed by atoms with Crippen molar-refractivity contribution in [2.45, 2.75) is 57.4 Å². The summed E-state index contributed by atoms with van der Waals surface area (Å²) in [5, 5.41) is 0. The van der Waals surface area contributed by atoms with Crippen LogP contribution in [-0.2, 0) is 17.4 Å². The molecule has 1 aromatic carbocycles. The number of carbonyl (C=O) groups is 1. The Morgan fingerprint density at radius 1 is 1.10 bits per heavy atom. The third-order valence-corrected chi connectivity index (χ3v) is 6.95. The standard InChI is InChI=1S/C21H28F2NO4PS/c1-21(24,12-13-29(26,27)28)11-10-16-7-9-20(30-16)19(25)5-3-2-4-15-6-8-17(22)18(23)14-15/h6-9,14H,2-5,10-13,24H2,1H3,(H2,26,27,28). The highest BCUT2D eigenvalue weighted by molar-refractivity contribution is 7.51. The van der Waals surface area contributed by atoms with Crippen LogP contribution in [0.2, 0.25) is 0 Å². The summed E-state index contributed by atoms with van der Waals surface area (Å²) in [4.78, 5) is 32.0. The van der Waals surface area contributed by atoms with Crippen molar-refractivity contribution >= 4 is 24.7 Å². The smallest absolute Gasteiger partial charge is 0.325 e. The first kappa shape index (κ1) is 24.8. The van der Waals surface area contributed by atoms with E-state index in [1.165, 1.54) is 17.4 Å². The molecule has 9 heteroatoms. The van der Waals surface area contributed by atoms with Crippen LogP contribution in [0.25, 0.3) is 0 Å². The van der Waals surface area contributed by atoms with Gasteiger partial charge in [-0.25, -0.2) is 8.78 Å². The fourth-order valence-electron chi connectivity index (χ4n) is 3.03. The second kappa shape index (κ2) is 10.7. The number of halogens is 2. The summed E-state index contributed by atoms with van der Waals surface area (Å²) >= 11 is 1.41. The van der Waals surface area contributed by atoms with Crippen LogP contribution in [0.5, 0.6) is 0 Å². The van der Waals surface area contributed by atoms with Gasteiger partial charge in [-0.2, -0.15) is 0 Å². The number of aryl methyl sites for hydroxylation is 2. The van der Waals surface area contributed by atoms with Crippen molar-refractivity contribution in [3.05, 3.63) is 57.3 Å². The normalized spacial score (nSPS) is 13.9. The van der Waals surface area contributed by atoms with Gasteiger partial charge in [0, 0.05) is 16.8 Å². The summed E-state index contributed by atoms with van der Waals surface area (Å²) < 4.78 is 37.2. The lowest BCUT2D eigenvalue weighted by atomic mass is 9.94. The second-order valence-electron chi connectivity index (χ2n) is 7.94. The molecule has 166 valence electrons. The van der Waals surface area contributed by atoms with Crippen molar-refractivity contribution < 1.29 is 27.9 Å². The van der Waals surface area contributed by atoms with E-state index in [0.29, 0.717) is 49.0 Å². The predicted octanol–water partition coefficient (Wildman–Crippen LogP) is 4.84. The molecule has 0 bridgehead atoms. The highest BCUT2D eigenvalue weighted by Gasteiger charge is 2.24. The number of hydrogen-bond donors (Lipinski definition) is 3. The molecule has 1 aromatic heterocycles. The molecule has 2 rings (SSSR count). The molecule has 5 nitrogen and oxygen atoms in total. The second-order valence-corrected chi connectivity index (χ2v) is 10.9. The monoisotopic (exact) mass is 459 g/mol. The fraction of sp³-hybridized carbons (Fsp3) is 0.476. The summed E-state index contributed by atoms with van der Waals surface area (Å²) in [5.41, 5.74) is 6.16. The summed E-state index contributed by atoms with van der Waals surface area (Å²) in [6.45, 7) is 1.77. The Kier molecular flexibility index (Phi) is 8.88. The third kappa shape index (κ3) is 8.74. The lowest BCUT2D eigenvalue weighted by Crippen LogP contribution is -2.37. The summed E-state index contributed by atoms with van der Waals surface area (Å²) in [5.74, 6) is -1.67. The third-order valence-electron chi connectivity index (χ3n) is 4.96. The van der Waals surface area contributed by atoms with Crippen LogP contribution in [-0.4, -0.2) is 27.3 Å². The molecule has 0 radical (unpaired) electrons. The number of unbranched alkanes of at least 4 members (excludes halogenated alkanes) is 1. The molecule has 2 aromatic rings. The number of thiophene rings is 1. The van der Waals surface area contributed by atoms with Gasteiger partial charge in [-0.15, -0.1) is 11.3 Å². The van der Waals surface area contributed by atoms with Gasteiger partial charge in [0.15, 0.2) is 17.4 Å². The quantitative estimate of drug-likeness (QED) is 0.240. The summed E-state index contributed by atoms with van der Waals surface area (Å²) in [6.07, 6.45) is 3.54. The van der Waals surface area contributed by atoms with Crippen LogP contribution in [0.4, 0.5) is 8.78 Å². The molecule has 1 unspecified atom stereocenters. The molecule has 0 fully saturated rings. The zero-order chi connectivity index (χ0) is 22.4. The number of carbonyl (C=O) groups excluding carboxylic acids is 1. The van der Waals surface area contributed by atoms with Gasteiger partial charge < -0.3 is 15.5 Å². The van der Waals surface area contributed by atoms with Gasteiger partial charge in [0.2, 0.25) is 0 Å². The summed E-state index contributed by atoms with van der Waals surface area (Å²) in [6, 6.07) is 7.53. The molecule has 0 aliphatic heterocycles. The van der Waals surface area contributed by atoms with Gasteiger partial charge in [0.05, 0.1) is 11.0 Å². The van der Waals surface area contributed by atoms with Crippen LogP contribution in [0.15, 0.2) is 30.3 Å². The Labute approximate surface area is 179 Å². The van der Waals surface area contributed by atoms with Gasteiger partial charge >= 0.3 is 7.60 Å². The van der Waals surface area contributed by atoms with Gasteiger partial charge in [-0.1, -0.05) is 6.07 Å². The largest absolute Gasteiger partial charge is 0.325 e. The lowest BCUT2D eigenvalue weighted by Gasteiger charge is -2.24. The molecule has 0 saturated heterocycles. The SMILES string of the molecule is CC(N)(CCc1ccc(C(=O)CCCCc2ccc(F)c(F)c2)s1)CCP(=O)(O)O. The minimum atomic E-state index is -4.06. The molecule has 1 atom stereocenters. The Morgan fingerprint density at radius 3 is 2.50 bits per heavy atom. The maximum absolute atomic E-state index is 13.2. The Bertz CT molecular complexity index is 910. The molecule has 0 aliphatic carbocycles. The van der Waals surface area contributed by atoms with E-state index in [9.17, 15) is 18.1 Å². The first-order valence-corrected chi connectivity index (χ1v) is 12.5. The average Bonchev–Trinajstić information content (AvgIpc) is 3.14. The van der Waals surface area contributed by atoms with Crippen LogP contribution in [0.3, 0.4) is 0 Å². The van der Waals surface area contributed by atoms with Crippen molar-refractivity contribution in [1.82, 2.24) is 0 Å². The van der Waals surface area contributed by atoms with Crippen molar-refractivity contribution in [3.63, 3.8) is 0 Å². The Morgan fingerprint density at radius 2 is 1.83 bits per heavy atom. The molecule has 0 aliphatic rings. The van der Waals surface area contributed by atoms with Crippen molar-refractivity contribution in [2.75, 3.05) is 6.16 Å². The highest BCUT2D eigenvalue weighted by atomic mass is 32.1. The first-order valence-electron chi connectivity index (χ1n) is 9.84. The zero-order valence-electron chi connectivity index (χ0n) is 16.9. The number of ketones is 1. The molecular formula is C21H28F2NO4PS. The van der Waals surface area contributed by atoms with E-state index in [-0.39, 0.29) is 18.4 Å². The number of benzene rings is 1. The van der Waals surface area contributed by atoms with Crippen LogP contribution in [0.1, 0.15) is 59.1 Å². The minimum absolute atomic E-state index is 0.0496. The van der Waals surface area contributed by atoms with E-state index in [4.69, 9.17) is 15.5 Å². The van der Waals surface area contributed by atoms with E-state index in [0.717, 1.165) is 10.9 Å². The van der Waals surface area contributed by atoms with Crippen molar-refractivity contribution in [2.24, 2.45) is 5.73 Å². The molecule has 30 heavy (non-hydrogen) atoms. The summed E-state index contributed by atoms with van der Waals surface area (Å²) in [7, 11) is -4.06. The maximum atomic E-state index is 13.2. The predicted molar refractivity (Wildman–Crippen MR) is 115 cm³/mol. The van der Waals surface area contributed by atoms with E-state index in [1.807, 2.05) is 6.07 Å². The lowest BCUT2D eigenvalue weighted by molar-refractivity contribution is 0.0983. The van der Waals surface area contributed by atoms with E-state index in [2.05, 4.69) is 0 Å². The van der Waals surface area contributed by atoms with Crippen molar-refractivity contribution in [3.8, 4) is 0 Å². The average molecular weight is 459 g/mol. The molecule has 0 saturated carbocycles. The van der Waals surface area contributed by atoms with Crippen LogP contribution >= 0.6 is 18.9 Å². The fourth-order valence-corrected chi connectivity index (χ4v) is 4.81.